The van der Waals surface area contributed by atoms with Gasteiger partial charge in [0.2, 0.25) is 5.91 Å². The molecule has 0 aromatic heterocycles. The van der Waals surface area contributed by atoms with Gasteiger partial charge < -0.3 is 36.5 Å². The van der Waals surface area contributed by atoms with Gasteiger partial charge in [-0.1, -0.05) is 12.2 Å². The summed E-state index contributed by atoms with van der Waals surface area (Å²) < 4.78 is 11.5. The largest absolute Gasteiger partial charge is 0.490 e. The summed E-state index contributed by atoms with van der Waals surface area (Å²) in [6.45, 7) is 6.42. The molecule has 9 nitrogen and oxygen atoms in total. The van der Waals surface area contributed by atoms with E-state index in [-0.39, 0.29) is 24.5 Å². The van der Waals surface area contributed by atoms with E-state index in [2.05, 4.69) is 16.7 Å². The van der Waals surface area contributed by atoms with Crippen molar-refractivity contribution in [3.8, 4) is 6.07 Å². The number of allylic oxidation sites excluding steroid dienone is 4. The number of ether oxygens (including phenoxy) is 2. The van der Waals surface area contributed by atoms with E-state index in [0.717, 1.165) is 35.7 Å². The molecule has 0 saturated carbocycles. The van der Waals surface area contributed by atoms with Gasteiger partial charge in [0.1, 0.15) is 11.9 Å². The zero-order valence-corrected chi connectivity index (χ0v) is 18.8. The van der Waals surface area contributed by atoms with Crippen molar-refractivity contribution in [2.45, 2.75) is 51.4 Å². The molecule has 3 aliphatic heterocycles. The van der Waals surface area contributed by atoms with Crippen molar-refractivity contribution in [3.63, 3.8) is 0 Å². The SMILES string of the molecule is C/C=C\C(=C/N1C(C)=CC1C(C(=O)NC1=C(OC2CCOC2)CCNC1)C(N)N)CC#N. The molecule has 3 aliphatic rings. The first-order valence-corrected chi connectivity index (χ1v) is 11.1. The van der Waals surface area contributed by atoms with Crippen LogP contribution in [0.25, 0.3) is 0 Å². The highest BCUT2D eigenvalue weighted by Crippen LogP contribution is 2.31. The fraction of sp³-hybridized carbons (Fsp3) is 0.565. The molecule has 0 aliphatic carbocycles. The maximum absolute atomic E-state index is 13.3. The molecular formula is C23H34N6O3. The number of nitriles is 1. The lowest BCUT2D eigenvalue weighted by Crippen LogP contribution is -2.58. The smallest absolute Gasteiger partial charge is 0.232 e. The van der Waals surface area contributed by atoms with Crippen LogP contribution in [0.5, 0.6) is 0 Å². The van der Waals surface area contributed by atoms with Gasteiger partial charge in [-0.2, -0.15) is 5.26 Å². The Labute approximate surface area is 189 Å². The third-order valence-electron chi connectivity index (χ3n) is 5.83. The number of carbonyl (C=O) groups excluding carboxylic acids is 1. The molecule has 0 bridgehead atoms. The Bertz CT molecular complexity index is 848. The van der Waals surface area contributed by atoms with Crippen LogP contribution in [0.1, 0.15) is 33.1 Å². The molecule has 1 amide bonds. The topological polar surface area (TPSA) is 139 Å². The number of hydrogen-bond acceptors (Lipinski definition) is 8. The van der Waals surface area contributed by atoms with E-state index in [1.807, 2.05) is 43.2 Å². The van der Waals surface area contributed by atoms with E-state index < -0.39 is 12.1 Å². The van der Waals surface area contributed by atoms with Crippen LogP contribution in [0, 0.1) is 17.2 Å². The van der Waals surface area contributed by atoms with Gasteiger partial charge in [0.25, 0.3) is 0 Å². The molecule has 1 saturated heterocycles. The Morgan fingerprint density at radius 1 is 1.53 bits per heavy atom. The number of rotatable bonds is 9. The quantitative estimate of drug-likeness (QED) is 0.306. The molecule has 0 radical (unpaired) electrons. The Morgan fingerprint density at radius 2 is 2.34 bits per heavy atom. The van der Waals surface area contributed by atoms with Crippen LogP contribution >= 0.6 is 0 Å². The van der Waals surface area contributed by atoms with Gasteiger partial charge in [-0.05, 0) is 25.5 Å². The molecule has 9 heteroatoms. The summed E-state index contributed by atoms with van der Waals surface area (Å²) in [5, 5.41) is 15.4. The minimum atomic E-state index is -0.855. The van der Waals surface area contributed by atoms with Gasteiger partial charge in [0, 0.05) is 37.8 Å². The van der Waals surface area contributed by atoms with Gasteiger partial charge in [-0.15, -0.1) is 0 Å². The summed E-state index contributed by atoms with van der Waals surface area (Å²) in [4.78, 5) is 15.3. The minimum absolute atomic E-state index is 0.0191. The summed E-state index contributed by atoms with van der Waals surface area (Å²) in [6, 6.07) is 1.88. The minimum Gasteiger partial charge on any atom is -0.490 e. The first kappa shape index (κ1) is 24.0. The van der Waals surface area contributed by atoms with Crippen LogP contribution in [0.15, 0.2) is 47.2 Å². The normalized spacial score (nSPS) is 24.9. The molecular weight excluding hydrogens is 408 g/mol. The second kappa shape index (κ2) is 11.3. The monoisotopic (exact) mass is 442 g/mol. The van der Waals surface area contributed by atoms with Gasteiger partial charge in [0.05, 0.1) is 49.5 Å². The van der Waals surface area contributed by atoms with Crippen LogP contribution in [-0.2, 0) is 14.3 Å². The highest BCUT2D eigenvalue weighted by Gasteiger charge is 2.40. The molecule has 3 atom stereocenters. The molecule has 3 unspecified atom stereocenters. The van der Waals surface area contributed by atoms with E-state index in [0.29, 0.717) is 26.2 Å². The van der Waals surface area contributed by atoms with E-state index in [1.54, 1.807) is 0 Å². The zero-order chi connectivity index (χ0) is 23.1. The average Bonchev–Trinajstić information content (AvgIpc) is 3.26. The number of nitrogens with two attached hydrogens (primary N) is 2. The summed E-state index contributed by atoms with van der Waals surface area (Å²) in [5.41, 5.74) is 14.7. The van der Waals surface area contributed by atoms with Crippen LogP contribution < -0.4 is 22.1 Å². The Kier molecular flexibility index (Phi) is 8.47. The molecule has 0 aromatic carbocycles. The van der Waals surface area contributed by atoms with Crippen LogP contribution in [0.3, 0.4) is 0 Å². The van der Waals surface area contributed by atoms with Crippen molar-refractivity contribution >= 4 is 5.91 Å². The second-order valence-corrected chi connectivity index (χ2v) is 8.27. The molecule has 3 heterocycles. The lowest BCUT2D eigenvalue weighted by molar-refractivity contribution is -0.126. The van der Waals surface area contributed by atoms with Crippen LogP contribution in [-0.4, -0.2) is 55.4 Å². The van der Waals surface area contributed by atoms with Crippen molar-refractivity contribution in [1.82, 2.24) is 15.5 Å². The molecule has 6 N–H and O–H groups in total. The number of amides is 1. The van der Waals surface area contributed by atoms with Crippen LogP contribution in [0.2, 0.25) is 0 Å². The van der Waals surface area contributed by atoms with E-state index in [4.69, 9.17) is 26.2 Å². The fourth-order valence-corrected chi connectivity index (χ4v) is 4.17. The molecule has 1 fully saturated rings. The maximum Gasteiger partial charge on any atom is 0.232 e. The van der Waals surface area contributed by atoms with Gasteiger partial charge in [0.15, 0.2) is 0 Å². The first-order chi connectivity index (χ1) is 15.4. The van der Waals surface area contributed by atoms with Crippen molar-refractivity contribution in [3.05, 3.63) is 47.2 Å². The van der Waals surface area contributed by atoms with E-state index >= 15 is 0 Å². The number of nitrogens with one attached hydrogen (secondary N) is 2. The Morgan fingerprint density at radius 3 is 2.97 bits per heavy atom. The predicted molar refractivity (Wildman–Crippen MR) is 121 cm³/mol. The Hall–Kier alpha value is -2.64. The zero-order valence-electron chi connectivity index (χ0n) is 18.8. The highest BCUT2D eigenvalue weighted by molar-refractivity contribution is 5.82. The maximum atomic E-state index is 13.3. The lowest BCUT2D eigenvalue weighted by Gasteiger charge is -2.43. The first-order valence-electron chi connectivity index (χ1n) is 11.1. The van der Waals surface area contributed by atoms with Crippen molar-refractivity contribution in [2.75, 3.05) is 26.3 Å². The summed E-state index contributed by atoms with van der Waals surface area (Å²) in [5.74, 6) is -0.129. The second-order valence-electron chi connectivity index (χ2n) is 8.27. The molecule has 0 spiro atoms. The predicted octanol–water partition coefficient (Wildman–Crippen LogP) is 0.934. The standard InChI is InChI=1S/C23H34N6O3/c1-3-4-16(5-8-24)13-29-15(2)11-19(29)21(22(25)26)23(30)28-18-12-27-9-6-20(18)32-17-7-10-31-14-17/h3-4,11,13,17,19,21-22,27H,5-7,9-10,12,14,25-26H2,1-2H3,(H,28,30)/b4-3-,16-13+. The molecule has 3 rings (SSSR count). The third kappa shape index (κ3) is 5.78. The molecule has 174 valence electrons. The Balaban J connectivity index is 1.77. The van der Waals surface area contributed by atoms with E-state index in [1.165, 1.54) is 0 Å². The van der Waals surface area contributed by atoms with Crippen LogP contribution in [0.4, 0.5) is 0 Å². The fourth-order valence-electron chi connectivity index (χ4n) is 4.17. The highest BCUT2D eigenvalue weighted by atomic mass is 16.5. The van der Waals surface area contributed by atoms with Crippen molar-refractivity contribution in [2.24, 2.45) is 17.4 Å². The molecule has 32 heavy (non-hydrogen) atoms. The van der Waals surface area contributed by atoms with Gasteiger partial charge in [-0.25, -0.2) is 0 Å². The van der Waals surface area contributed by atoms with Crippen molar-refractivity contribution in [1.29, 1.82) is 5.26 Å². The van der Waals surface area contributed by atoms with E-state index in [9.17, 15) is 4.79 Å². The number of nitrogens with zero attached hydrogens (tertiary/aromatic N) is 2. The lowest BCUT2D eigenvalue weighted by atomic mass is 9.88. The summed E-state index contributed by atoms with van der Waals surface area (Å²) in [7, 11) is 0. The van der Waals surface area contributed by atoms with Gasteiger partial charge in [-0.3, -0.25) is 4.79 Å². The number of carbonyl (C=O) groups is 1. The van der Waals surface area contributed by atoms with Crippen molar-refractivity contribution < 1.29 is 14.3 Å². The average molecular weight is 443 g/mol. The van der Waals surface area contributed by atoms with Gasteiger partial charge >= 0.3 is 0 Å². The third-order valence-corrected chi connectivity index (χ3v) is 5.83. The number of hydrogen-bond donors (Lipinski definition) is 4. The molecule has 0 aromatic rings. The summed E-state index contributed by atoms with van der Waals surface area (Å²) >= 11 is 0. The summed E-state index contributed by atoms with van der Waals surface area (Å²) in [6.07, 6.45) is 8.62.